The molecule has 0 aliphatic carbocycles. The monoisotopic (exact) mass is 212 g/mol. The minimum atomic E-state index is -0.802. The van der Waals surface area contributed by atoms with Crippen molar-refractivity contribution in [3.63, 3.8) is 0 Å². The average molecular weight is 212 g/mol. The van der Waals surface area contributed by atoms with Crippen molar-refractivity contribution in [1.82, 2.24) is 5.32 Å². The number of rotatable bonds is 6. The van der Waals surface area contributed by atoms with Crippen molar-refractivity contribution in [3.05, 3.63) is 35.6 Å². The fraction of sp³-hybridized carbons (Fsp3) is 0.455. The summed E-state index contributed by atoms with van der Waals surface area (Å²) in [5.41, 5.74) is 5.65. The zero-order valence-electron chi connectivity index (χ0n) is 8.62. The van der Waals surface area contributed by atoms with Gasteiger partial charge in [0.05, 0.1) is 6.10 Å². The summed E-state index contributed by atoms with van der Waals surface area (Å²) < 4.78 is 13.2. The Labute approximate surface area is 89.1 Å². The molecule has 3 nitrogen and oxygen atoms in total. The molecule has 1 aromatic rings. The SMILES string of the molecule is NCCCNCC(O)c1ccccc1F. The van der Waals surface area contributed by atoms with Gasteiger partial charge in [0, 0.05) is 12.1 Å². The lowest BCUT2D eigenvalue weighted by molar-refractivity contribution is 0.170. The fourth-order valence-corrected chi connectivity index (χ4v) is 1.32. The quantitative estimate of drug-likeness (QED) is 0.611. The van der Waals surface area contributed by atoms with Crippen LogP contribution in [0.5, 0.6) is 0 Å². The van der Waals surface area contributed by atoms with E-state index >= 15 is 0 Å². The molecule has 1 unspecified atom stereocenters. The van der Waals surface area contributed by atoms with Crippen molar-refractivity contribution in [2.45, 2.75) is 12.5 Å². The summed E-state index contributed by atoms with van der Waals surface area (Å²) in [6, 6.07) is 6.25. The van der Waals surface area contributed by atoms with Gasteiger partial charge in [-0.25, -0.2) is 4.39 Å². The second kappa shape index (κ2) is 6.50. The van der Waals surface area contributed by atoms with Gasteiger partial charge in [-0.05, 0) is 25.6 Å². The number of aliphatic hydroxyl groups is 1. The normalized spacial score (nSPS) is 12.7. The molecule has 0 bridgehead atoms. The van der Waals surface area contributed by atoms with Gasteiger partial charge in [0.15, 0.2) is 0 Å². The lowest BCUT2D eigenvalue weighted by Gasteiger charge is -2.12. The average Bonchev–Trinajstić information content (AvgIpc) is 2.25. The molecule has 15 heavy (non-hydrogen) atoms. The van der Waals surface area contributed by atoms with E-state index in [4.69, 9.17) is 5.73 Å². The molecule has 0 amide bonds. The van der Waals surface area contributed by atoms with Crippen LogP contribution in [0.3, 0.4) is 0 Å². The largest absolute Gasteiger partial charge is 0.387 e. The third-order valence-electron chi connectivity index (χ3n) is 2.16. The van der Waals surface area contributed by atoms with E-state index in [0.29, 0.717) is 18.7 Å². The predicted molar refractivity (Wildman–Crippen MR) is 57.9 cm³/mol. The van der Waals surface area contributed by atoms with Crippen molar-refractivity contribution in [2.24, 2.45) is 5.73 Å². The van der Waals surface area contributed by atoms with Gasteiger partial charge in [-0.3, -0.25) is 0 Å². The van der Waals surface area contributed by atoms with Gasteiger partial charge in [0.25, 0.3) is 0 Å². The standard InChI is InChI=1S/C11H17FN2O/c12-10-5-2-1-4-9(10)11(15)8-14-7-3-6-13/h1-2,4-5,11,14-15H,3,6-8,13H2. The molecule has 0 heterocycles. The third kappa shape index (κ3) is 3.95. The highest BCUT2D eigenvalue weighted by molar-refractivity contribution is 5.19. The van der Waals surface area contributed by atoms with Crippen molar-refractivity contribution >= 4 is 0 Å². The Hall–Kier alpha value is -0.970. The van der Waals surface area contributed by atoms with E-state index in [-0.39, 0.29) is 5.82 Å². The van der Waals surface area contributed by atoms with Crippen molar-refractivity contribution in [2.75, 3.05) is 19.6 Å². The second-order valence-corrected chi connectivity index (χ2v) is 3.38. The van der Waals surface area contributed by atoms with Gasteiger partial charge in [0.2, 0.25) is 0 Å². The first-order valence-corrected chi connectivity index (χ1v) is 5.09. The maximum atomic E-state index is 13.2. The number of nitrogens with two attached hydrogens (primary N) is 1. The van der Waals surface area contributed by atoms with Crippen molar-refractivity contribution in [1.29, 1.82) is 0 Å². The summed E-state index contributed by atoms with van der Waals surface area (Å²) in [5.74, 6) is -0.370. The topological polar surface area (TPSA) is 58.3 Å². The molecule has 4 heteroatoms. The molecule has 0 aromatic heterocycles. The van der Waals surface area contributed by atoms with Crippen LogP contribution in [0, 0.1) is 5.82 Å². The van der Waals surface area contributed by atoms with E-state index in [2.05, 4.69) is 5.32 Å². The summed E-state index contributed by atoms with van der Waals surface area (Å²) in [6.45, 7) is 1.70. The molecule has 0 spiro atoms. The molecule has 1 atom stereocenters. The first-order valence-electron chi connectivity index (χ1n) is 5.09. The summed E-state index contributed by atoms with van der Waals surface area (Å²) >= 11 is 0. The van der Waals surface area contributed by atoms with Gasteiger partial charge in [-0.1, -0.05) is 18.2 Å². The summed E-state index contributed by atoms with van der Waals surface area (Å²) in [7, 11) is 0. The van der Waals surface area contributed by atoms with E-state index < -0.39 is 6.10 Å². The molecule has 4 N–H and O–H groups in total. The Morgan fingerprint density at radius 2 is 2.13 bits per heavy atom. The molecular formula is C11H17FN2O. The minimum absolute atomic E-state index is 0.331. The van der Waals surface area contributed by atoms with Crippen LogP contribution < -0.4 is 11.1 Å². The minimum Gasteiger partial charge on any atom is -0.387 e. The van der Waals surface area contributed by atoms with E-state index in [9.17, 15) is 9.50 Å². The molecule has 0 saturated heterocycles. The van der Waals surface area contributed by atoms with Crippen LogP contribution in [-0.4, -0.2) is 24.7 Å². The zero-order chi connectivity index (χ0) is 11.1. The molecule has 0 fully saturated rings. The Morgan fingerprint density at radius 1 is 1.40 bits per heavy atom. The van der Waals surface area contributed by atoms with Crippen LogP contribution >= 0.6 is 0 Å². The summed E-state index contributed by atoms with van der Waals surface area (Å²) in [4.78, 5) is 0. The van der Waals surface area contributed by atoms with Crippen LogP contribution in [0.25, 0.3) is 0 Å². The van der Waals surface area contributed by atoms with Crippen LogP contribution in [0.2, 0.25) is 0 Å². The molecular weight excluding hydrogens is 195 g/mol. The van der Waals surface area contributed by atoms with Crippen LogP contribution in [0.15, 0.2) is 24.3 Å². The number of nitrogens with one attached hydrogen (secondary N) is 1. The Kier molecular flexibility index (Phi) is 5.25. The highest BCUT2D eigenvalue weighted by atomic mass is 19.1. The first kappa shape index (κ1) is 12.1. The van der Waals surface area contributed by atoms with Crippen molar-refractivity contribution < 1.29 is 9.50 Å². The summed E-state index contributed by atoms with van der Waals surface area (Å²) in [6.07, 6.45) is 0.0493. The number of hydrogen-bond acceptors (Lipinski definition) is 3. The van der Waals surface area contributed by atoms with Crippen LogP contribution in [-0.2, 0) is 0 Å². The Balaban J connectivity index is 2.40. The van der Waals surface area contributed by atoms with E-state index in [1.54, 1.807) is 18.2 Å². The van der Waals surface area contributed by atoms with E-state index in [1.807, 2.05) is 0 Å². The van der Waals surface area contributed by atoms with Crippen LogP contribution in [0.4, 0.5) is 4.39 Å². The van der Waals surface area contributed by atoms with Crippen molar-refractivity contribution in [3.8, 4) is 0 Å². The van der Waals surface area contributed by atoms with Gasteiger partial charge < -0.3 is 16.2 Å². The number of hydrogen-bond donors (Lipinski definition) is 3. The Morgan fingerprint density at radius 3 is 2.80 bits per heavy atom. The van der Waals surface area contributed by atoms with Gasteiger partial charge >= 0.3 is 0 Å². The number of benzene rings is 1. The first-order chi connectivity index (χ1) is 7.25. The molecule has 84 valence electrons. The highest BCUT2D eigenvalue weighted by Gasteiger charge is 2.10. The lowest BCUT2D eigenvalue weighted by atomic mass is 10.1. The van der Waals surface area contributed by atoms with Crippen LogP contribution in [0.1, 0.15) is 18.1 Å². The number of halogens is 1. The second-order valence-electron chi connectivity index (χ2n) is 3.38. The smallest absolute Gasteiger partial charge is 0.129 e. The molecule has 1 aromatic carbocycles. The maximum absolute atomic E-state index is 13.2. The zero-order valence-corrected chi connectivity index (χ0v) is 8.62. The molecule has 1 rings (SSSR count). The highest BCUT2D eigenvalue weighted by Crippen LogP contribution is 2.15. The number of aliphatic hydroxyl groups excluding tert-OH is 1. The maximum Gasteiger partial charge on any atom is 0.129 e. The Bertz CT molecular complexity index is 294. The predicted octanol–water partition coefficient (Wildman–Crippen LogP) is 0.798. The molecule has 0 radical (unpaired) electrons. The van der Waals surface area contributed by atoms with E-state index in [0.717, 1.165) is 13.0 Å². The molecule has 0 aliphatic heterocycles. The van der Waals surface area contributed by atoms with Gasteiger partial charge in [-0.2, -0.15) is 0 Å². The molecule has 0 aliphatic rings. The van der Waals surface area contributed by atoms with Gasteiger partial charge in [0.1, 0.15) is 5.82 Å². The third-order valence-corrected chi connectivity index (χ3v) is 2.16. The van der Waals surface area contributed by atoms with E-state index in [1.165, 1.54) is 6.07 Å². The molecule has 0 saturated carbocycles. The lowest BCUT2D eigenvalue weighted by Crippen LogP contribution is -2.24. The van der Waals surface area contributed by atoms with Gasteiger partial charge in [-0.15, -0.1) is 0 Å². The fourth-order valence-electron chi connectivity index (χ4n) is 1.32. The summed E-state index contributed by atoms with van der Waals surface area (Å²) in [5, 5.41) is 12.7.